The van der Waals surface area contributed by atoms with Gasteiger partial charge in [-0.15, -0.1) is 0 Å². The largest absolute Gasteiger partial charge is 0.399 e. The van der Waals surface area contributed by atoms with Crippen molar-refractivity contribution < 1.29 is 0 Å². The molecule has 0 bridgehead atoms. The van der Waals surface area contributed by atoms with Gasteiger partial charge in [0.1, 0.15) is 5.54 Å². The van der Waals surface area contributed by atoms with Crippen molar-refractivity contribution in [1.82, 2.24) is 9.55 Å². The number of nitrogens with zero attached hydrogens (tertiary/aromatic N) is 2. The second-order valence-corrected chi connectivity index (χ2v) is 6.04. The molecular formula is C22H19N3. The lowest BCUT2D eigenvalue weighted by Gasteiger charge is -2.37. The lowest BCUT2D eigenvalue weighted by molar-refractivity contribution is 0.515. The second kappa shape index (κ2) is 6.29. The van der Waals surface area contributed by atoms with Crippen LogP contribution >= 0.6 is 0 Å². The molecule has 3 aromatic carbocycles. The van der Waals surface area contributed by atoms with E-state index in [9.17, 15) is 0 Å². The summed E-state index contributed by atoms with van der Waals surface area (Å²) in [5, 5.41) is 0. The van der Waals surface area contributed by atoms with Crippen LogP contribution in [0.5, 0.6) is 0 Å². The summed E-state index contributed by atoms with van der Waals surface area (Å²) in [5.74, 6) is 0. The molecule has 1 aromatic heterocycles. The molecule has 3 nitrogen and oxygen atoms in total. The van der Waals surface area contributed by atoms with Crippen molar-refractivity contribution in [2.24, 2.45) is 0 Å². The fraction of sp³-hybridized carbons (Fsp3) is 0.0455. The molecule has 0 amide bonds. The SMILES string of the molecule is Nc1cccc(C(c2ccccc2)(c2ccccc2)n2ccnc2)c1. The van der Waals surface area contributed by atoms with Gasteiger partial charge in [-0.25, -0.2) is 4.98 Å². The van der Waals surface area contributed by atoms with Gasteiger partial charge in [0.25, 0.3) is 0 Å². The van der Waals surface area contributed by atoms with Crippen molar-refractivity contribution >= 4 is 5.69 Å². The van der Waals surface area contributed by atoms with Gasteiger partial charge in [-0.05, 0) is 28.8 Å². The van der Waals surface area contributed by atoms with Gasteiger partial charge in [0.05, 0.1) is 6.33 Å². The number of rotatable bonds is 4. The normalized spacial score (nSPS) is 11.4. The monoisotopic (exact) mass is 325 g/mol. The molecule has 0 spiro atoms. The maximum Gasteiger partial charge on any atom is 0.121 e. The summed E-state index contributed by atoms with van der Waals surface area (Å²) in [6.45, 7) is 0. The highest BCUT2D eigenvalue weighted by Crippen LogP contribution is 2.40. The molecule has 4 rings (SSSR count). The molecule has 25 heavy (non-hydrogen) atoms. The Hall–Kier alpha value is -3.33. The first-order valence-corrected chi connectivity index (χ1v) is 8.27. The zero-order valence-corrected chi connectivity index (χ0v) is 13.8. The number of aromatic nitrogens is 2. The van der Waals surface area contributed by atoms with Gasteiger partial charge < -0.3 is 10.3 Å². The molecule has 0 radical (unpaired) electrons. The van der Waals surface area contributed by atoms with Gasteiger partial charge in [-0.1, -0.05) is 72.8 Å². The standard InChI is InChI=1S/C22H19N3/c23-21-13-7-12-20(16-21)22(25-15-14-24-17-25,18-8-3-1-4-9-18)19-10-5-2-6-11-19/h1-17H,23H2. The van der Waals surface area contributed by atoms with Crippen LogP contribution in [0.3, 0.4) is 0 Å². The molecule has 0 aliphatic rings. The predicted octanol–water partition coefficient (Wildman–Crippen LogP) is 4.31. The van der Waals surface area contributed by atoms with Crippen LogP contribution in [-0.2, 0) is 5.54 Å². The van der Waals surface area contributed by atoms with Crippen LogP contribution in [0.1, 0.15) is 16.7 Å². The van der Waals surface area contributed by atoms with E-state index < -0.39 is 5.54 Å². The molecule has 0 aliphatic carbocycles. The summed E-state index contributed by atoms with van der Waals surface area (Å²) in [4.78, 5) is 4.32. The lowest BCUT2D eigenvalue weighted by atomic mass is 9.76. The highest BCUT2D eigenvalue weighted by Gasteiger charge is 2.38. The Morgan fingerprint density at radius 2 is 1.32 bits per heavy atom. The molecule has 4 aromatic rings. The molecule has 1 heterocycles. The minimum atomic E-state index is -0.533. The fourth-order valence-electron chi connectivity index (χ4n) is 3.53. The van der Waals surface area contributed by atoms with E-state index >= 15 is 0 Å². The van der Waals surface area contributed by atoms with E-state index in [2.05, 4.69) is 64.1 Å². The maximum absolute atomic E-state index is 6.14. The first-order valence-electron chi connectivity index (χ1n) is 8.27. The first kappa shape index (κ1) is 15.2. The van der Waals surface area contributed by atoms with E-state index in [0.29, 0.717) is 0 Å². The number of nitrogen functional groups attached to an aromatic ring is 1. The minimum absolute atomic E-state index is 0.533. The molecule has 122 valence electrons. The third-order valence-electron chi connectivity index (χ3n) is 4.58. The van der Waals surface area contributed by atoms with E-state index in [1.165, 1.54) is 0 Å². The molecule has 0 aliphatic heterocycles. The lowest BCUT2D eigenvalue weighted by Crippen LogP contribution is -2.37. The molecule has 0 saturated heterocycles. The van der Waals surface area contributed by atoms with Gasteiger partial charge in [-0.3, -0.25) is 0 Å². The predicted molar refractivity (Wildman–Crippen MR) is 101 cm³/mol. The summed E-state index contributed by atoms with van der Waals surface area (Å²) < 4.78 is 2.15. The molecule has 0 saturated carbocycles. The number of hydrogen-bond acceptors (Lipinski definition) is 2. The quantitative estimate of drug-likeness (QED) is 0.449. The van der Waals surface area contributed by atoms with Gasteiger partial charge in [0.2, 0.25) is 0 Å². The Bertz CT molecular complexity index is 906. The Balaban J connectivity index is 2.13. The van der Waals surface area contributed by atoms with E-state index in [-0.39, 0.29) is 0 Å². The average molecular weight is 325 g/mol. The van der Waals surface area contributed by atoms with Crippen LogP contribution in [0.25, 0.3) is 0 Å². The Kier molecular flexibility index (Phi) is 3.82. The van der Waals surface area contributed by atoms with Crippen LogP contribution < -0.4 is 5.73 Å². The summed E-state index contributed by atoms with van der Waals surface area (Å²) >= 11 is 0. The van der Waals surface area contributed by atoms with Crippen molar-refractivity contribution in [3.8, 4) is 0 Å². The number of hydrogen-bond donors (Lipinski definition) is 1. The van der Waals surface area contributed by atoms with Crippen LogP contribution in [-0.4, -0.2) is 9.55 Å². The van der Waals surface area contributed by atoms with Crippen molar-refractivity contribution in [2.75, 3.05) is 5.73 Å². The third-order valence-corrected chi connectivity index (χ3v) is 4.58. The number of benzene rings is 3. The van der Waals surface area contributed by atoms with Crippen LogP contribution in [0.15, 0.2) is 104 Å². The van der Waals surface area contributed by atoms with E-state index in [4.69, 9.17) is 5.73 Å². The molecule has 2 N–H and O–H groups in total. The summed E-state index contributed by atoms with van der Waals surface area (Å²) in [6, 6.07) is 29.0. The Labute approximate surface area is 147 Å². The van der Waals surface area contributed by atoms with Gasteiger partial charge in [0.15, 0.2) is 0 Å². The average Bonchev–Trinajstić information content (AvgIpc) is 3.19. The molecular weight excluding hydrogens is 306 g/mol. The number of nitrogens with two attached hydrogens (primary N) is 1. The van der Waals surface area contributed by atoms with Crippen LogP contribution in [0, 0.1) is 0 Å². The molecule has 0 unspecified atom stereocenters. The Morgan fingerprint density at radius 3 is 1.84 bits per heavy atom. The first-order chi connectivity index (χ1) is 12.3. The van der Waals surface area contributed by atoms with E-state index in [1.807, 2.05) is 49.1 Å². The number of anilines is 1. The van der Waals surface area contributed by atoms with Crippen molar-refractivity contribution in [2.45, 2.75) is 5.54 Å². The van der Waals surface area contributed by atoms with Gasteiger partial charge in [0, 0.05) is 18.1 Å². The smallest absolute Gasteiger partial charge is 0.121 e. The fourth-order valence-corrected chi connectivity index (χ4v) is 3.53. The Morgan fingerprint density at radius 1 is 0.720 bits per heavy atom. The van der Waals surface area contributed by atoms with E-state index in [1.54, 1.807) is 0 Å². The van der Waals surface area contributed by atoms with Crippen LogP contribution in [0.2, 0.25) is 0 Å². The summed E-state index contributed by atoms with van der Waals surface area (Å²) in [7, 11) is 0. The molecule has 0 fully saturated rings. The number of imidazole rings is 1. The summed E-state index contributed by atoms with van der Waals surface area (Å²) in [6.07, 6.45) is 5.68. The van der Waals surface area contributed by atoms with Gasteiger partial charge >= 0.3 is 0 Å². The minimum Gasteiger partial charge on any atom is -0.399 e. The maximum atomic E-state index is 6.14. The van der Waals surface area contributed by atoms with Crippen LogP contribution in [0.4, 0.5) is 5.69 Å². The zero-order valence-electron chi connectivity index (χ0n) is 13.8. The van der Waals surface area contributed by atoms with Gasteiger partial charge in [-0.2, -0.15) is 0 Å². The van der Waals surface area contributed by atoms with Crippen molar-refractivity contribution in [3.63, 3.8) is 0 Å². The topological polar surface area (TPSA) is 43.8 Å². The third kappa shape index (κ3) is 2.50. The van der Waals surface area contributed by atoms with Crippen molar-refractivity contribution in [1.29, 1.82) is 0 Å². The molecule has 0 atom stereocenters. The molecule has 3 heteroatoms. The zero-order chi connectivity index (χ0) is 17.1. The van der Waals surface area contributed by atoms with E-state index in [0.717, 1.165) is 22.4 Å². The van der Waals surface area contributed by atoms with Crippen molar-refractivity contribution in [3.05, 3.63) is 120 Å². The summed E-state index contributed by atoms with van der Waals surface area (Å²) in [5.41, 5.74) is 9.77. The highest BCUT2D eigenvalue weighted by atomic mass is 15.1. The highest BCUT2D eigenvalue weighted by molar-refractivity contribution is 5.54. The second-order valence-electron chi connectivity index (χ2n) is 6.04.